The Kier molecular flexibility index (Phi) is 6.46. The summed E-state index contributed by atoms with van der Waals surface area (Å²) >= 11 is 0. The van der Waals surface area contributed by atoms with Crippen molar-refractivity contribution < 1.29 is 14.3 Å². The fourth-order valence-corrected chi connectivity index (χ4v) is 3.36. The molecule has 1 aliphatic rings. The molecule has 0 saturated carbocycles. The Bertz CT molecular complexity index is 783. The maximum absolute atomic E-state index is 12.7. The zero-order valence-corrected chi connectivity index (χ0v) is 16.1. The second-order valence-electron chi connectivity index (χ2n) is 6.08. The zero-order chi connectivity index (χ0) is 19.3. The fourth-order valence-electron chi connectivity index (χ4n) is 3.36. The monoisotopic (exact) mass is 354 g/mol. The SMILES string of the molecule is CCOC(=O)C1=C(C)OC(N(CC)CC)=C(C)C1c1ccccc1C#N. The van der Waals surface area contributed by atoms with Crippen molar-refractivity contribution in [3.05, 3.63) is 58.2 Å². The number of benzene rings is 1. The molecular formula is C21H26N2O3. The minimum Gasteiger partial charge on any atom is -0.463 e. The maximum atomic E-state index is 12.7. The van der Waals surface area contributed by atoms with Gasteiger partial charge in [0.25, 0.3) is 0 Å². The van der Waals surface area contributed by atoms with Crippen LogP contribution in [-0.2, 0) is 14.3 Å². The van der Waals surface area contributed by atoms with Crippen molar-refractivity contribution in [2.24, 2.45) is 0 Å². The number of rotatable bonds is 6. The topological polar surface area (TPSA) is 62.6 Å². The van der Waals surface area contributed by atoms with Crippen molar-refractivity contribution in [1.29, 1.82) is 5.26 Å². The summed E-state index contributed by atoms with van der Waals surface area (Å²) in [4.78, 5) is 14.8. The summed E-state index contributed by atoms with van der Waals surface area (Å²) in [5.74, 6) is 0.502. The number of esters is 1. The van der Waals surface area contributed by atoms with Crippen LogP contribution in [0.5, 0.6) is 0 Å². The third kappa shape index (κ3) is 3.60. The van der Waals surface area contributed by atoms with E-state index in [1.807, 2.05) is 25.1 Å². The van der Waals surface area contributed by atoms with Crippen LogP contribution in [-0.4, -0.2) is 30.6 Å². The molecule has 1 heterocycles. The van der Waals surface area contributed by atoms with E-state index in [1.54, 1.807) is 19.9 Å². The molecule has 0 bridgehead atoms. The molecule has 0 saturated heterocycles. The minimum atomic E-state index is -0.402. The van der Waals surface area contributed by atoms with Crippen molar-refractivity contribution in [3.8, 4) is 6.07 Å². The third-order valence-corrected chi connectivity index (χ3v) is 4.63. The van der Waals surface area contributed by atoms with E-state index in [4.69, 9.17) is 9.47 Å². The summed E-state index contributed by atoms with van der Waals surface area (Å²) < 4.78 is 11.3. The first-order valence-electron chi connectivity index (χ1n) is 9.00. The average molecular weight is 354 g/mol. The van der Waals surface area contributed by atoms with E-state index >= 15 is 0 Å². The fraction of sp³-hybridized carbons (Fsp3) is 0.429. The van der Waals surface area contributed by atoms with E-state index in [2.05, 4.69) is 24.8 Å². The van der Waals surface area contributed by atoms with Crippen LogP contribution in [0.3, 0.4) is 0 Å². The highest BCUT2D eigenvalue weighted by Crippen LogP contribution is 2.42. The molecule has 0 N–H and O–H groups in total. The molecule has 0 aromatic heterocycles. The van der Waals surface area contributed by atoms with E-state index in [0.717, 1.165) is 30.1 Å². The molecular weight excluding hydrogens is 328 g/mol. The molecule has 0 amide bonds. The lowest BCUT2D eigenvalue weighted by molar-refractivity contribution is -0.139. The predicted octanol–water partition coefficient (Wildman–Crippen LogP) is 4.08. The third-order valence-electron chi connectivity index (χ3n) is 4.63. The lowest BCUT2D eigenvalue weighted by Crippen LogP contribution is -2.31. The molecule has 0 aliphatic carbocycles. The van der Waals surface area contributed by atoms with Crippen LogP contribution in [0.15, 0.2) is 47.1 Å². The number of carbonyl (C=O) groups excluding carboxylic acids is 1. The summed E-state index contributed by atoms with van der Waals surface area (Å²) in [5.41, 5.74) is 2.71. The Balaban J connectivity index is 2.69. The Labute approximate surface area is 155 Å². The van der Waals surface area contributed by atoms with Gasteiger partial charge in [-0.25, -0.2) is 4.79 Å². The zero-order valence-electron chi connectivity index (χ0n) is 16.1. The smallest absolute Gasteiger partial charge is 0.338 e. The van der Waals surface area contributed by atoms with E-state index < -0.39 is 5.97 Å². The molecule has 138 valence electrons. The second kappa shape index (κ2) is 8.57. The number of ether oxygens (including phenoxy) is 2. The summed E-state index contributed by atoms with van der Waals surface area (Å²) in [6, 6.07) is 9.61. The highest BCUT2D eigenvalue weighted by Gasteiger charge is 2.36. The van der Waals surface area contributed by atoms with Crippen LogP contribution in [0.1, 0.15) is 51.7 Å². The molecule has 0 fully saturated rings. The van der Waals surface area contributed by atoms with Gasteiger partial charge in [0.1, 0.15) is 5.76 Å². The Hall–Kier alpha value is -2.74. The van der Waals surface area contributed by atoms with Crippen molar-refractivity contribution >= 4 is 5.97 Å². The highest BCUT2D eigenvalue weighted by atomic mass is 16.5. The van der Waals surface area contributed by atoms with Crippen molar-refractivity contribution in [2.45, 2.75) is 40.5 Å². The van der Waals surface area contributed by atoms with E-state index in [-0.39, 0.29) is 12.5 Å². The molecule has 5 heteroatoms. The Morgan fingerprint density at radius 3 is 2.46 bits per heavy atom. The van der Waals surface area contributed by atoms with Gasteiger partial charge >= 0.3 is 5.97 Å². The maximum Gasteiger partial charge on any atom is 0.338 e. The number of nitriles is 1. The van der Waals surface area contributed by atoms with Gasteiger partial charge in [0.15, 0.2) is 5.88 Å². The van der Waals surface area contributed by atoms with Crippen LogP contribution < -0.4 is 0 Å². The molecule has 26 heavy (non-hydrogen) atoms. The van der Waals surface area contributed by atoms with Crippen LogP contribution in [0, 0.1) is 11.3 Å². The van der Waals surface area contributed by atoms with Crippen molar-refractivity contribution in [2.75, 3.05) is 19.7 Å². The minimum absolute atomic E-state index is 0.286. The Morgan fingerprint density at radius 2 is 1.88 bits per heavy atom. The Morgan fingerprint density at radius 1 is 1.23 bits per heavy atom. The van der Waals surface area contributed by atoms with Gasteiger partial charge < -0.3 is 14.4 Å². The quantitative estimate of drug-likeness (QED) is 0.720. The van der Waals surface area contributed by atoms with Gasteiger partial charge in [-0.15, -0.1) is 0 Å². The molecule has 5 nitrogen and oxygen atoms in total. The van der Waals surface area contributed by atoms with Crippen LogP contribution in [0.4, 0.5) is 0 Å². The van der Waals surface area contributed by atoms with Crippen LogP contribution in [0.2, 0.25) is 0 Å². The van der Waals surface area contributed by atoms with Crippen LogP contribution in [0.25, 0.3) is 0 Å². The van der Waals surface area contributed by atoms with Gasteiger partial charge in [0.05, 0.1) is 23.8 Å². The average Bonchev–Trinajstić information content (AvgIpc) is 2.65. The second-order valence-corrected chi connectivity index (χ2v) is 6.08. The van der Waals surface area contributed by atoms with Gasteiger partial charge in [0.2, 0.25) is 0 Å². The summed E-state index contributed by atoms with van der Waals surface area (Å²) in [5, 5.41) is 9.56. The molecule has 1 aromatic rings. The predicted molar refractivity (Wildman–Crippen MR) is 99.9 cm³/mol. The lowest BCUT2D eigenvalue weighted by Gasteiger charge is -2.34. The number of nitrogens with zero attached hydrogens (tertiary/aromatic N) is 2. The first-order chi connectivity index (χ1) is 12.5. The molecule has 1 aromatic carbocycles. The molecule has 1 atom stereocenters. The lowest BCUT2D eigenvalue weighted by atomic mass is 9.81. The van der Waals surface area contributed by atoms with E-state index in [0.29, 0.717) is 16.9 Å². The number of hydrogen-bond donors (Lipinski definition) is 0. The van der Waals surface area contributed by atoms with Crippen molar-refractivity contribution in [3.63, 3.8) is 0 Å². The van der Waals surface area contributed by atoms with E-state index in [1.165, 1.54) is 0 Å². The summed E-state index contributed by atoms with van der Waals surface area (Å²) in [6.45, 7) is 11.5. The van der Waals surface area contributed by atoms with Crippen molar-refractivity contribution in [1.82, 2.24) is 4.90 Å². The number of carbonyl (C=O) groups is 1. The molecule has 1 aliphatic heterocycles. The van der Waals surface area contributed by atoms with Gasteiger partial charge in [-0.05, 0) is 51.8 Å². The largest absolute Gasteiger partial charge is 0.463 e. The first-order valence-corrected chi connectivity index (χ1v) is 9.00. The molecule has 0 radical (unpaired) electrons. The number of allylic oxidation sites excluding steroid dienone is 2. The van der Waals surface area contributed by atoms with Gasteiger partial charge in [-0.3, -0.25) is 0 Å². The van der Waals surface area contributed by atoms with Gasteiger partial charge in [0, 0.05) is 19.0 Å². The molecule has 1 unspecified atom stereocenters. The number of hydrogen-bond acceptors (Lipinski definition) is 5. The van der Waals surface area contributed by atoms with E-state index in [9.17, 15) is 10.1 Å². The summed E-state index contributed by atoms with van der Waals surface area (Å²) in [7, 11) is 0. The first kappa shape index (κ1) is 19.6. The molecule has 0 spiro atoms. The van der Waals surface area contributed by atoms with Gasteiger partial charge in [-0.1, -0.05) is 18.2 Å². The molecule has 2 rings (SSSR count). The highest BCUT2D eigenvalue weighted by molar-refractivity contribution is 5.92. The normalized spacial score (nSPS) is 16.8. The summed E-state index contributed by atoms with van der Waals surface area (Å²) in [6.07, 6.45) is 0. The van der Waals surface area contributed by atoms with Gasteiger partial charge in [-0.2, -0.15) is 5.26 Å². The van der Waals surface area contributed by atoms with Crippen LogP contribution >= 0.6 is 0 Å². The standard InChI is InChI=1S/C21H26N2O3/c1-6-23(7-2)20-14(4)18(17-12-10-9-11-16(17)13-22)19(15(5)26-20)21(24)25-8-3/h9-12,18H,6-8H2,1-5H3.